The molecule has 0 spiro atoms. The third kappa shape index (κ3) is 6.07. The third-order valence-electron chi connectivity index (χ3n) is 4.62. The molecule has 130 valence electrons. The van der Waals surface area contributed by atoms with Crippen molar-refractivity contribution < 1.29 is 4.74 Å². The zero-order valence-corrected chi connectivity index (χ0v) is 14.7. The number of hydrogen-bond acceptors (Lipinski definition) is 5. The van der Waals surface area contributed by atoms with Crippen molar-refractivity contribution in [3.05, 3.63) is 18.5 Å². The fraction of sp³-hybridized carbons (Fsp3) is 0.778. The first-order valence-electron chi connectivity index (χ1n) is 9.22. The Balaban J connectivity index is 0.000000924. The van der Waals surface area contributed by atoms with Crippen LogP contribution in [0.2, 0.25) is 0 Å². The van der Waals surface area contributed by atoms with Crippen molar-refractivity contribution >= 4 is 5.95 Å². The Morgan fingerprint density at radius 3 is 2.17 bits per heavy atom. The van der Waals surface area contributed by atoms with Gasteiger partial charge in [0.1, 0.15) is 0 Å². The normalized spacial score (nSPS) is 20.0. The van der Waals surface area contributed by atoms with Crippen molar-refractivity contribution in [2.24, 2.45) is 11.8 Å². The summed E-state index contributed by atoms with van der Waals surface area (Å²) in [6.07, 6.45) is 8.54. The minimum atomic E-state index is 0.701. The number of ether oxygens (including phenoxy) is 1. The van der Waals surface area contributed by atoms with Gasteiger partial charge in [-0.2, -0.15) is 0 Å². The summed E-state index contributed by atoms with van der Waals surface area (Å²) < 4.78 is 5.98. The van der Waals surface area contributed by atoms with Gasteiger partial charge >= 0.3 is 0 Å². The Labute approximate surface area is 140 Å². The molecule has 3 rings (SSSR count). The highest BCUT2D eigenvalue weighted by Gasteiger charge is 2.21. The van der Waals surface area contributed by atoms with Gasteiger partial charge < -0.3 is 15.0 Å². The van der Waals surface area contributed by atoms with Crippen LogP contribution in [0, 0.1) is 11.8 Å². The topological polar surface area (TPSA) is 50.3 Å². The zero-order valence-electron chi connectivity index (χ0n) is 14.7. The first-order valence-corrected chi connectivity index (χ1v) is 9.22. The predicted molar refractivity (Wildman–Crippen MR) is 94.7 cm³/mol. The summed E-state index contributed by atoms with van der Waals surface area (Å²) >= 11 is 0. The minimum absolute atomic E-state index is 0.701. The monoisotopic (exact) mass is 320 g/mol. The molecule has 0 amide bonds. The number of piperidine rings is 2. The first-order chi connectivity index (χ1) is 11.4. The van der Waals surface area contributed by atoms with Crippen molar-refractivity contribution in [1.29, 1.82) is 0 Å². The van der Waals surface area contributed by atoms with Gasteiger partial charge in [0.25, 0.3) is 0 Å². The van der Waals surface area contributed by atoms with Gasteiger partial charge in [-0.1, -0.05) is 13.8 Å². The van der Waals surface area contributed by atoms with Crippen LogP contribution >= 0.6 is 0 Å². The summed E-state index contributed by atoms with van der Waals surface area (Å²) in [4.78, 5) is 10.9. The molecule has 3 heterocycles. The van der Waals surface area contributed by atoms with Gasteiger partial charge in [-0.3, -0.25) is 0 Å². The predicted octanol–water partition coefficient (Wildman–Crippen LogP) is 2.74. The Morgan fingerprint density at radius 1 is 1.00 bits per heavy atom. The maximum atomic E-state index is 5.98. The van der Waals surface area contributed by atoms with E-state index in [9.17, 15) is 0 Å². The van der Waals surface area contributed by atoms with E-state index >= 15 is 0 Å². The van der Waals surface area contributed by atoms with Crippen molar-refractivity contribution in [1.82, 2.24) is 15.3 Å². The largest absolute Gasteiger partial charge is 0.381 e. The van der Waals surface area contributed by atoms with Crippen LogP contribution in [0.1, 0.15) is 39.5 Å². The van der Waals surface area contributed by atoms with Gasteiger partial charge in [0.15, 0.2) is 0 Å². The second-order valence-corrected chi connectivity index (χ2v) is 6.21. The molecule has 1 aromatic heterocycles. The van der Waals surface area contributed by atoms with Crippen LogP contribution in [0.3, 0.4) is 0 Å². The second kappa shape index (κ2) is 10.6. The van der Waals surface area contributed by atoms with Crippen LogP contribution in [0.4, 0.5) is 5.95 Å². The molecule has 23 heavy (non-hydrogen) atoms. The second-order valence-electron chi connectivity index (χ2n) is 6.21. The van der Waals surface area contributed by atoms with Crippen LogP contribution < -0.4 is 10.2 Å². The quantitative estimate of drug-likeness (QED) is 0.904. The van der Waals surface area contributed by atoms with E-state index < -0.39 is 0 Å². The lowest BCUT2D eigenvalue weighted by Crippen LogP contribution is -2.36. The summed E-state index contributed by atoms with van der Waals surface area (Å²) in [5.41, 5.74) is 0. The van der Waals surface area contributed by atoms with Crippen molar-refractivity contribution in [2.75, 3.05) is 44.3 Å². The molecule has 5 heteroatoms. The van der Waals surface area contributed by atoms with Crippen LogP contribution in [-0.4, -0.2) is 49.4 Å². The smallest absolute Gasteiger partial charge is 0.225 e. The molecule has 1 N–H and O–H groups in total. The molecule has 0 atom stereocenters. The van der Waals surface area contributed by atoms with E-state index in [4.69, 9.17) is 4.74 Å². The maximum Gasteiger partial charge on any atom is 0.225 e. The number of aromatic nitrogens is 2. The standard InChI is InChI=1S/C16H26N4O.C2H6/c1-6-18-16(19-7-1)20-10-4-15(5-11-20)13-21-12-14-2-8-17-9-3-14;1-2/h1,6-7,14-15,17H,2-5,8-13H2;1-2H3. The Bertz CT molecular complexity index is 401. The molecule has 2 aliphatic heterocycles. The molecular formula is C18H32N4O. The summed E-state index contributed by atoms with van der Waals surface area (Å²) in [5.74, 6) is 2.34. The Kier molecular flexibility index (Phi) is 8.32. The highest BCUT2D eigenvalue weighted by atomic mass is 16.5. The van der Waals surface area contributed by atoms with E-state index in [2.05, 4.69) is 20.2 Å². The average molecular weight is 320 g/mol. The summed E-state index contributed by atoms with van der Waals surface area (Å²) in [6, 6.07) is 1.87. The van der Waals surface area contributed by atoms with Crippen LogP contribution in [0.15, 0.2) is 18.5 Å². The number of anilines is 1. The fourth-order valence-corrected chi connectivity index (χ4v) is 3.20. The molecule has 0 aromatic carbocycles. The zero-order chi connectivity index (χ0) is 16.3. The highest BCUT2D eigenvalue weighted by Crippen LogP contribution is 2.21. The summed E-state index contributed by atoms with van der Waals surface area (Å²) in [7, 11) is 0. The minimum Gasteiger partial charge on any atom is -0.381 e. The van der Waals surface area contributed by atoms with Gasteiger partial charge in [-0.05, 0) is 56.7 Å². The molecule has 2 saturated heterocycles. The number of nitrogens with one attached hydrogen (secondary N) is 1. The van der Waals surface area contributed by atoms with E-state index in [0.717, 1.165) is 51.3 Å². The number of hydrogen-bond donors (Lipinski definition) is 1. The lowest BCUT2D eigenvalue weighted by molar-refractivity contribution is 0.0561. The highest BCUT2D eigenvalue weighted by molar-refractivity contribution is 5.28. The first kappa shape index (κ1) is 18.1. The van der Waals surface area contributed by atoms with Crippen molar-refractivity contribution in [3.63, 3.8) is 0 Å². The van der Waals surface area contributed by atoms with Gasteiger partial charge in [0.05, 0.1) is 0 Å². The molecular weight excluding hydrogens is 288 g/mol. The van der Waals surface area contributed by atoms with Gasteiger partial charge in [-0.25, -0.2) is 9.97 Å². The molecule has 1 aromatic rings. The SMILES string of the molecule is CC.c1cnc(N2CCC(COCC3CCNCC3)CC2)nc1. The van der Waals surface area contributed by atoms with E-state index in [1.165, 1.54) is 25.7 Å². The summed E-state index contributed by atoms with van der Waals surface area (Å²) in [5, 5.41) is 3.40. The van der Waals surface area contributed by atoms with E-state index in [1.807, 2.05) is 32.3 Å². The molecule has 2 fully saturated rings. The molecule has 0 unspecified atom stereocenters. The maximum absolute atomic E-state index is 5.98. The third-order valence-corrected chi connectivity index (χ3v) is 4.62. The fourth-order valence-electron chi connectivity index (χ4n) is 3.20. The van der Waals surface area contributed by atoms with Crippen LogP contribution in [-0.2, 0) is 4.74 Å². The van der Waals surface area contributed by atoms with Gasteiger partial charge in [0.2, 0.25) is 5.95 Å². The van der Waals surface area contributed by atoms with E-state index in [-0.39, 0.29) is 0 Å². The molecule has 0 radical (unpaired) electrons. The molecule has 2 aliphatic rings. The van der Waals surface area contributed by atoms with Crippen LogP contribution in [0.25, 0.3) is 0 Å². The van der Waals surface area contributed by atoms with E-state index in [1.54, 1.807) is 0 Å². The molecule has 0 aliphatic carbocycles. The molecule has 0 saturated carbocycles. The summed E-state index contributed by atoms with van der Waals surface area (Å²) in [6.45, 7) is 10.3. The van der Waals surface area contributed by atoms with Crippen LogP contribution in [0.5, 0.6) is 0 Å². The Hall–Kier alpha value is -1.20. The lowest BCUT2D eigenvalue weighted by Gasteiger charge is -2.32. The Morgan fingerprint density at radius 2 is 1.57 bits per heavy atom. The number of rotatable bonds is 5. The lowest BCUT2D eigenvalue weighted by atomic mass is 9.97. The van der Waals surface area contributed by atoms with Gasteiger partial charge in [0, 0.05) is 38.7 Å². The van der Waals surface area contributed by atoms with Crippen molar-refractivity contribution in [2.45, 2.75) is 39.5 Å². The van der Waals surface area contributed by atoms with Crippen molar-refractivity contribution in [3.8, 4) is 0 Å². The number of nitrogens with zero attached hydrogens (tertiary/aromatic N) is 3. The molecule has 0 bridgehead atoms. The average Bonchev–Trinajstić information content (AvgIpc) is 2.66. The van der Waals surface area contributed by atoms with E-state index in [0.29, 0.717) is 5.92 Å². The molecule has 5 nitrogen and oxygen atoms in total. The van der Waals surface area contributed by atoms with Gasteiger partial charge in [-0.15, -0.1) is 0 Å².